The molecule has 0 aromatic heterocycles. The molecule has 0 aliphatic heterocycles. The molecule has 0 saturated carbocycles. The van der Waals surface area contributed by atoms with Gasteiger partial charge >= 0.3 is 6.18 Å². The van der Waals surface area contributed by atoms with Crippen LogP contribution < -0.4 is 0 Å². The van der Waals surface area contributed by atoms with E-state index in [1.807, 2.05) is 0 Å². The number of nitro benzene ring substituents is 1. The van der Waals surface area contributed by atoms with E-state index >= 15 is 0 Å². The molecule has 0 heterocycles. The van der Waals surface area contributed by atoms with Gasteiger partial charge in [0.05, 0.1) is 16.1 Å². The van der Waals surface area contributed by atoms with Crippen LogP contribution in [0.15, 0.2) is 54.6 Å². The zero-order chi connectivity index (χ0) is 17.0. The van der Waals surface area contributed by atoms with E-state index in [9.17, 15) is 28.1 Å². The summed E-state index contributed by atoms with van der Waals surface area (Å²) in [6, 6.07) is 10.0. The Bertz CT molecular complexity index is 782. The second kappa shape index (κ2) is 6.43. The number of nitro groups is 1. The van der Waals surface area contributed by atoms with E-state index in [1.165, 1.54) is 36.4 Å². The van der Waals surface area contributed by atoms with Crippen LogP contribution in [0.5, 0.6) is 0 Å². The van der Waals surface area contributed by atoms with Crippen LogP contribution in [-0.4, -0.2) is 10.7 Å². The molecule has 0 fully saturated rings. The van der Waals surface area contributed by atoms with E-state index < -0.39 is 28.1 Å². The molecule has 2 rings (SSSR count). The third-order valence-corrected chi connectivity index (χ3v) is 3.05. The predicted octanol–water partition coefficient (Wildman–Crippen LogP) is 4.51. The average molecular weight is 321 g/mol. The van der Waals surface area contributed by atoms with Gasteiger partial charge in [0.1, 0.15) is 0 Å². The van der Waals surface area contributed by atoms with Crippen molar-refractivity contribution in [2.24, 2.45) is 0 Å². The molecule has 118 valence electrons. The van der Waals surface area contributed by atoms with Gasteiger partial charge in [-0.1, -0.05) is 36.4 Å². The SMILES string of the molecule is O=C(/C=C/c1ccccc1C(F)(F)F)c1ccccc1[N+](=O)[O-]. The summed E-state index contributed by atoms with van der Waals surface area (Å²) in [5.41, 5.74) is -1.65. The molecule has 23 heavy (non-hydrogen) atoms. The smallest absolute Gasteiger partial charge is 0.289 e. The number of halogens is 3. The predicted molar refractivity (Wildman–Crippen MR) is 77.9 cm³/mol. The highest BCUT2D eigenvalue weighted by atomic mass is 19.4. The molecule has 0 aliphatic carbocycles. The van der Waals surface area contributed by atoms with E-state index in [2.05, 4.69) is 0 Å². The molecule has 0 amide bonds. The van der Waals surface area contributed by atoms with E-state index in [1.54, 1.807) is 0 Å². The quantitative estimate of drug-likeness (QED) is 0.360. The van der Waals surface area contributed by atoms with Crippen molar-refractivity contribution in [3.8, 4) is 0 Å². The summed E-state index contributed by atoms with van der Waals surface area (Å²) in [7, 11) is 0. The molecule has 2 aromatic carbocycles. The Labute approximate surface area is 129 Å². The number of allylic oxidation sites excluding steroid dienone is 1. The molecule has 7 heteroatoms. The van der Waals surface area contributed by atoms with Gasteiger partial charge in [0, 0.05) is 6.07 Å². The Morgan fingerprint density at radius 2 is 1.65 bits per heavy atom. The van der Waals surface area contributed by atoms with Gasteiger partial charge in [0.15, 0.2) is 5.78 Å². The highest BCUT2D eigenvalue weighted by molar-refractivity contribution is 6.09. The maximum atomic E-state index is 12.9. The molecule has 0 atom stereocenters. The van der Waals surface area contributed by atoms with Crippen LogP contribution in [0, 0.1) is 10.1 Å². The van der Waals surface area contributed by atoms with Crippen LogP contribution in [0.3, 0.4) is 0 Å². The molecule has 0 bridgehead atoms. The largest absolute Gasteiger partial charge is 0.416 e. The molecule has 0 radical (unpaired) electrons. The zero-order valence-electron chi connectivity index (χ0n) is 11.6. The molecule has 0 N–H and O–H groups in total. The maximum absolute atomic E-state index is 12.9. The van der Waals surface area contributed by atoms with Gasteiger partial charge in [0.25, 0.3) is 5.69 Å². The van der Waals surface area contributed by atoms with E-state index in [4.69, 9.17) is 0 Å². The lowest BCUT2D eigenvalue weighted by Crippen LogP contribution is -2.07. The lowest BCUT2D eigenvalue weighted by molar-refractivity contribution is -0.385. The minimum absolute atomic E-state index is 0.182. The van der Waals surface area contributed by atoms with Gasteiger partial charge in [-0.05, 0) is 23.8 Å². The summed E-state index contributed by atoms with van der Waals surface area (Å²) in [6.07, 6.45) is -2.66. The van der Waals surface area contributed by atoms with Crippen molar-refractivity contribution in [3.63, 3.8) is 0 Å². The Morgan fingerprint density at radius 3 is 2.30 bits per heavy atom. The van der Waals surface area contributed by atoms with Crippen molar-refractivity contribution in [3.05, 3.63) is 81.4 Å². The summed E-state index contributed by atoms with van der Waals surface area (Å²) in [4.78, 5) is 22.2. The van der Waals surface area contributed by atoms with Gasteiger partial charge in [-0.25, -0.2) is 0 Å². The van der Waals surface area contributed by atoms with Crippen LogP contribution in [0.2, 0.25) is 0 Å². The number of hydrogen-bond donors (Lipinski definition) is 0. The summed E-state index contributed by atoms with van der Waals surface area (Å²) in [5.74, 6) is -0.741. The zero-order valence-corrected chi connectivity index (χ0v) is 11.6. The first kappa shape index (κ1) is 16.4. The Morgan fingerprint density at radius 1 is 1.04 bits per heavy atom. The summed E-state index contributed by atoms with van der Waals surface area (Å²) in [6.45, 7) is 0. The first-order chi connectivity index (χ1) is 10.8. The van der Waals surface area contributed by atoms with Gasteiger partial charge in [-0.15, -0.1) is 0 Å². The monoisotopic (exact) mass is 321 g/mol. The number of alkyl halides is 3. The number of nitrogens with zero attached hydrogens (tertiary/aromatic N) is 1. The third kappa shape index (κ3) is 3.82. The maximum Gasteiger partial charge on any atom is 0.416 e. The number of ketones is 1. The number of para-hydroxylation sites is 1. The molecule has 0 saturated heterocycles. The van der Waals surface area contributed by atoms with Crippen LogP contribution >= 0.6 is 0 Å². The van der Waals surface area contributed by atoms with Gasteiger partial charge < -0.3 is 0 Å². The number of carbonyl (C=O) groups is 1. The molecule has 0 spiro atoms. The van der Waals surface area contributed by atoms with Crippen molar-refractivity contribution >= 4 is 17.5 Å². The topological polar surface area (TPSA) is 60.2 Å². The van der Waals surface area contributed by atoms with Crippen molar-refractivity contribution < 1.29 is 22.9 Å². The van der Waals surface area contributed by atoms with Crippen molar-refractivity contribution in [1.82, 2.24) is 0 Å². The number of carbonyl (C=O) groups excluding carboxylic acids is 1. The summed E-state index contributed by atoms with van der Waals surface area (Å²) < 4.78 is 38.6. The minimum Gasteiger partial charge on any atom is -0.289 e. The second-order valence-electron chi connectivity index (χ2n) is 4.56. The van der Waals surface area contributed by atoms with Gasteiger partial charge in [-0.3, -0.25) is 14.9 Å². The Balaban J connectivity index is 2.36. The average Bonchev–Trinajstić information content (AvgIpc) is 2.52. The summed E-state index contributed by atoms with van der Waals surface area (Å²) in [5, 5.41) is 10.9. The molecule has 2 aromatic rings. The van der Waals surface area contributed by atoms with E-state index in [-0.39, 0.29) is 11.1 Å². The molecule has 0 unspecified atom stereocenters. The molecular weight excluding hydrogens is 311 g/mol. The fourth-order valence-corrected chi connectivity index (χ4v) is 2.00. The standard InChI is InChI=1S/C16H10F3NO3/c17-16(18,19)13-7-3-1-5-11(13)9-10-15(21)12-6-2-4-8-14(12)20(22)23/h1-10H/b10-9+. The fraction of sp³-hybridized carbons (Fsp3) is 0.0625. The first-order valence-electron chi connectivity index (χ1n) is 6.43. The van der Waals surface area contributed by atoms with Crippen LogP contribution in [-0.2, 0) is 6.18 Å². The molecular formula is C16H10F3NO3. The van der Waals surface area contributed by atoms with Crippen LogP contribution in [0.25, 0.3) is 6.08 Å². The van der Waals surface area contributed by atoms with Crippen LogP contribution in [0.1, 0.15) is 21.5 Å². The van der Waals surface area contributed by atoms with E-state index in [0.717, 1.165) is 24.3 Å². The van der Waals surface area contributed by atoms with Crippen molar-refractivity contribution in [1.29, 1.82) is 0 Å². The molecule has 0 aliphatic rings. The third-order valence-electron chi connectivity index (χ3n) is 3.05. The van der Waals surface area contributed by atoms with E-state index in [0.29, 0.717) is 0 Å². The number of hydrogen-bond acceptors (Lipinski definition) is 3. The summed E-state index contributed by atoms with van der Waals surface area (Å²) >= 11 is 0. The normalized spacial score (nSPS) is 11.6. The number of benzene rings is 2. The Kier molecular flexibility index (Phi) is 4.59. The fourth-order valence-electron chi connectivity index (χ4n) is 2.00. The highest BCUT2D eigenvalue weighted by Crippen LogP contribution is 2.32. The van der Waals surface area contributed by atoms with Crippen molar-refractivity contribution in [2.45, 2.75) is 6.18 Å². The van der Waals surface area contributed by atoms with Crippen molar-refractivity contribution in [2.75, 3.05) is 0 Å². The lowest BCUT2D eigenvalue weighted by atomic mass is 10.0. The Hall–Kier alpha value is -2.96. The molecule has 4 nitrogen and oxygen atoms in total. The lowest BCUT2D eigenvalue weighted by Gasteiger charge is -2.09. The van der Waals surface area contributed by atoms with Crippen LogP contribution in [0.4, 0.5) is 18.9 Å². The van der Waals surface area contributed by atoms with Gasteiger partial charge in [0.2, 0.25) is 0 Å². The highest BCUT2D eigenvalue weighted by Gasteiger charge is 2.32. The first-order valence-corrected chi connectivity index (χ1v) is 6.43. The van der Waals surface area contributed by atoms with Gasteiger partial charge in [-0.2, -0.15) is 13.2 Å². The second-order valence-corrected chi connectivity index (χ2v) is 4.56. The minimum atomic E-state index is -4.55. The number of rotatable bonds is 4.